The molecule has 1 amide bonds. The monoisotopic (exact) mass is 352 g/mol. The first-order chi connectivity index (χ1) is 12.4. The predicted molar refractivity (Wildman–Crippen MR) is 99.4 cm³/mol. The van der Waals surface area contributed by atoms with Crippen LogP contribution in [0.3, 0.4) is 0 Å². The average Bonchev–Trinajstić information content (AvgIpc) is 3.19. The van der Waals surface area contributed by atoms with E-state index in [9.17, 15) is 4.79 Å². The van der Waals surface area contributed by atoms with Gasteiger partial charge in [-0.15, -0.1) is 5.10 Å². The Labute approximate surface area is 153 Å². The summed E-state index contributed by atoms with van der Waals surface area (Å²) in [7, 11) is 1.72. The Morgan fingerprint density at radius 3 is 2.58 bits per heavy atom. The Hall–Kier alpha value is -2.89. The quantitative estimate of drug-likeness (QED) is 0.699. The lowest BCUT2D eigenvalue weighted by Crippen LogP contribution is -2.27. The van der Waals surface area contributed by atoms with E-state index in [1.807, 2.05) is 44.2 Å². The summed E-state index contributed by atoms with van der Waals surface area (Å²) in [6.45, 7) is 8.39. The van der Waals surface area contributed by atoms with Crippen LogP contribution >= 0.6 is 0 Å². The highest BCUT2D eigenvalue weighted by molar-refractivity contribution is 5.90. The van der Waals surface area contributed by atoms with E-state index in [0.29, 0.717) is 18.3 Å². The fourth-order valence-electron chi connectivity index (χ4n) is 2.92. The van der Waals surface area contributed by atoms with E-state index in [2.05, 4.69) is 30.0 Å². The molecule has 0 aliphatic carbocycles. The van der Waals surface area contributed by atoms with Gasteiger partial charge in [0.05, 0.1) is 12.2 Å². The first-order valence-electron chi connectivity index (χ1n) is 8.70. The summed E-state index contributed by atoms with van der Waals surface area (Å²) in [6, 6.07) is 11.8. The molecular formula is C20H24N4O2. The summed E-state index contributed by atoms with van der Waals surface area (Å²) >= 11 is 0. The van der Waals surface area contributed by atoms with Gasteiger partial charge in [0.2, 0.25) is 5.82 Å². The molecule has 3 rings (SSSR count). The minimum Gasteiger partial charge on any atom is -0.464 e. The molecule has 0 radical (unpaired) electrons. The van der Waals surface area contributed by atoms with E-state index in [0.717, 1.165) is 17.2 Å². The molecular weight excluding hydrogens is 328 g/mol. The minimum atomic E-state index is -0.233. The van der Waals surface area contributed by atoms with Crippen molar-refractivity contribution in [3.8, 4) is 5.69 Å². The van der Waals surface area contributed by atoms with Crippen molar-refractivity contribution in [1.82, 2.24) is 19.7 Å². The fourth-order valence-corrected chi connectivity index (χ4v) is 2.92. The second-order valence-electron chi connectivity index (χ2n) is 6.78. The summed E-state index contributed by atoms with van der Waals surface area (Å²) in [5, 5.41) is 4.47. The molecule has 2 heterocycles. The van der Waals surface area contributed by atoms with E-state index in [1.165, 1.54) is 5.56 Å². The van der Waals surface area contributed by atoms with E-state index in [-0.39, 0.29) is 11.7 Å². The number of hydrogen-bond donors (Lipinski definition) is 0. The van der Waals surface area contributed by atoms with E-state index in [4.69, 9.17) is 4.42 Å². The van der Waals surface area contributed by atoms with Crippen LogP contribution in [0.5, 0.6) is 0 Å². The van der Waals surface area contributed by atoms with Gasteiger partial charge in [-0.1, -0.05) is 32.0 Å². The molecule has 0 unspecified atom stereocenters. The number of para-hydroxylation sites is 1. The van der Waals surface area contributed by atoms with Crippen LogP contribution in [0.25, 0.3) is 5.69 Å². The van der Waals surface area contributed by atoms with E-state index >= 15 is 0 Å². The molecule has 0 N–H and O–H groups in total. The molecule has 6 nitrogen and oxygen atoms in total. The molecule has 0 spiro atoms. The van der Waals surface area contributed by atoms with Crippen LogP contribution in [0.2, 0.25) is 0 Å². The maximum absolute atomic E-state index is 12.7. The molecule has 3 aromatic rings. The molecule has 0 atom stereocenters. The smallest absolute Gasteiger partial charge is 0.293 e. The summed E-state index contributed by atoms with van der Waals surface area (Å²) < 4.78 is 7.28. The molecule has 0 bridgehead atoms. The first-order valence-corrected chi connectivity index (χ1v) is 8.70. The van der Waals surface area contributed by atoms with Gasteiger partial charge in [-0.05, 0) is 43.5 Å². The van der Waals surface area contributed by atoms with Gasteiger partial charge in [0, 0.05) is 7.05 Å². The van der Waals surface area contributed by atoms with Crippen molar-refractivity contribution < 1.29 is 9.21 Å². The summed E-state index contributed by atoms with van der Waals surface area (Å²) in [6.07, 6.45) is 0. The summed E-state index contributed by atoms with van der Waals surface area (Å²) in [4.78, 5) is 18.7. The third-order valence-electron chi connectivity index (χ3n) is 4.28. The zero-order chi connectivity index (χ0) is 18.8. The van der Waals surface area contributed by atoms with Crippen LogP contribution in [0, 0.1) is 13.8 Å². The van der Waals surface area contributed by atoms with Crippen molar-refractivity contribution in [2.45, 2.75) is 40.2 Å². The predicted octanol–water partition coefficient (Wildman–Crippen LogP) is 3.87. The standard InChI is InChI=1S/C20H24N4O2/c1-13(2)17-8-6-7-9-18(17)24-15(4)21-19(22-24)20(25)23(5)12-16-11-10-14(3)26-16/h6-11,13H,12H2,1-5H3. The molecule has 2 aromatic heterocycles. The van der Waals surface area contributed by atoms with Crippen LogP contribution < -0.4 is 0 Å². The number of benzene rings is 1. The highest BCUT2D eigenvalue weighted by atomic mass is 16.3. The number of hydrogen-bond acceptors (Lipinski definition) is 4. The first kappa shape index (κ1) is 17.9. The summed E-state index contributed by atoms with van der Waals surface area (Å²) in [5.74, 6) is 2.54. The maximum atomic E-state index is 12.7. The van der Waals surface area contributed by atoms with Gasteiger partial charge in [-0.25, -0.2) is 9.67 Å². The van der Waals surface area contributed by atoms with Gasteiger partial charge < -0.3 is 9.32 Å². The maximum Gasteiger partial charge on any atom is 0.293 e. The normalized spacial score (nSPS) is 11.2. The van der Waals surface area contributed by atoms with Crippen molar-refractivity contribution in [3.05, 3.63) is 65.1 Å². The lowest BCUT2D eigenvalue weighted by atomic mass is 10.0. The third-order valence-corrected chi connectivity index (χ3v) is 4.28. The lowest BCUT2D eigenvalue weighted by Gasteiger charge is -2.14. The van der Waals surface area contributed by atoms with Crippen LogP contribution in [-0.2, 0) is 6.54 Å². The SMILES string of the molecule is Cc1ccc(CN(C)C(=O)c2nc(C)n(-c3ccccc3C(C)C)n2)o1. The largest absolute Gasteiger partial charge is 0.464 e. The van der Waals surface area contributed by atoms with Gasteiger partial charge in [-0.2, -0.15) is 0 Å². The Morgan fingerprint density at radius 1 is 1.19 bits per heavy atom. The van der Waals surface area contributed by atoms with Crippen molar-refractivity contribution in [3.63, 3.8) is 0 Å². The van der Waals surface area contributed by atoms with Crippen molar-refractivity contribution in [2.24, 2.45) is 0 Å². The van der Waals surface area contributed by atoms with Crippen molar-refractivity contribution in [1.29, 1.82) is 0 Å². The van der Waals surface area contributed by atoms with Gasteiger partial charge in [0.15, 0.2) is 0 Å². The Bertz CT molecular complexity index is 924. The molecule has 0 saturated carbocycles. The molecule has 0 saturated heterocycles. The number of carbonyl (C=O) groups is 1. The molecule has 0 aliphatic heterocycles. The molecule has 136 valence electrons. The Morgan fingerprint density at radius 2 is 1.92 bits per heavy atom. The number of carbonyl (C=O) groups excluding carboxylic acids is 1. The zero-order valence-electron chi connectivity index (χ0n) is 15.9. The van der Waals surface area contributed by atoms with Gasteiger partial charge in [0.25, 0.3) is 5.91 Å². The average molecular weight is 352 g/mol. The van der Waals surface area contributed by atoms with Gasteiger partial charge >= 0.3 is 0 Å². The number of rotatable bonds is 5. The zero-order valence-corrected chi connectivity index (χ0v) is 15.9. The highest BCUT2D eigenvalue weighted by Gasteiger charge is 2.21. The number of nitrogens with zero attached hydrogens (tertiary/aromatic N) is 4. The van der Waals surface area contributed by atoms with Gasteiger partial charge in [0.1, 0.15) is 17.3 Å². The number of furan rings is 1. The highest BCUT2D eigenvalue weighted by Crippen LogP contribution is 2.23. The second-order valence-corrected chi connectivity index (χ2v) is 6.78. The Balaban J connectivity index is 1.87. The fraction of sp³-hybridized carbons (Fsp3) is 0.350. The van der Waals surface area contributed by atoms with Crippen LogP contribution in [0.4, 0.5) is 0 Å². The molecule has 6 heteroatoms. The number of amides is 1. The number of aryl methyl sites for hydroxylation is 2. The minimum absolute atomic E-state index is 0.187. The van der Waals surface area contributed by atoms with E-state index < -0.39 is 0 Å². The summed E-state index contributed by atoms with van der Waals surface area (Å²) in [5.41, 5.74) is 2.12. The molecule has 26 heavy (non-hydrogen) atoms. The lowest BCUT2D eigenvalue weighted by molar-refractivity contribution is 0.0763. The molecule has 0 fully saturated rings. The van der Waals surface area contributed by atoms with Gasteiger partial charge in [-0.3, -0.25) is 4.79 Å². The van der Waals surface area contributed by atoms with Crippen molar-refractivity contribution in [2.75, 3.05) is 7.05 Å². The molecule has 0 aliphatic rings. The topological polar surface area (TPSA) is 64.2 Å². The van der Waals surface area contributed by atoms with Crippen LogP contribution in [0.1, 0.15) is 53.3 Å². The van der Waals surface area contributed by atoms with E-state index in [1.54, 1.807) is 16.6 Å². The van der Waals surface area contributed by atoms with Crippen molar-refractivity contribution >= 4 is 5.91 Å². The second kappa shape index (κ2) is 7.15. The van der Waals surface area contributed by atoms with Crippen LogP contribution in [-0.4, -0.2) is 32.6 Å². The third kappa shape index (κ3) is 3.54. The van der Waals surface area contributed by atoms with Crippen LogP contribution in [0.15, 0.2) is 40.8 Å². The number of aromatic nitrogens is 3. The Kier molecular flexibility index (Phi) is 4.93. The molecule has 1 aromatic carbocycles.